The highest BCUT2D eigenvalue weighted by atomic mass is 35.5. The van der Waals surface area contributed by atoms with Crippen LogP contribution in [0, 0.1) is 6.92 Å². The van der Waals surface area contributed by atoms with Crippen LogP contribution in [0.5, 0.6) is 0 Å². The molecule has 5 nitrogen and oxygen atoms in total. The van der Waals surface area contributed by atoms with Crippen molar-refractivity contribution in [2.75, 3.05) is 6.54 Å². The summed E-state index contributed by atoms with van der Waals surface area (Å²) < 4.78 is 0. The fourth-order valence-electron chi connectivity index (χ4n) is 3.78. The highest BCUT2D eigenvalue weighted by Crippen LogP contribution is 2.30. The summed E-state index contributed by atoms with van der Waals surface area (Å²) in [7, 11) is 0. The first-order chi connectivity index (χ1) is 13.4. The molecule has 2 N–H and O–H groups in total. The van der Waals surface area contributed by atoms with Crippen LogP contribution in [0.4, 0.5) is 0 Å². The third kappa shape index (κ3) is 3.50. The molecule has 0 aliphatic carbocycles. The molecule has 6 heteroatoms. The van der Waals surface area contributed by atoms with Crippen molar-refractivity contribution < 1.29 is 9.59 Å². The predicted octanol–water partition coefficient (Wildman–Crippen LogP) is 3.83. The zero-order valence-corrected chi connectivity index (χ0v) is 16.6. The van der Waals surface area contributed by atoms with Gasteiger partial charge in [0.05, 0.1) is 0 Å². The molecule has 1 aliphatic rings. The van der Waals surface area contributed by atoms with E-state index in [-0.39, 0.29) is 11.8 Å². The summed E-state index contributed by atoms with van der Waals surface area (Å²) >= 11 is 6.15. The number of hydrogen-bond acceptors (Lipinski definition) is 2. The third-order valence-corrected chi connectivity index (χ3v) is 5.48. The number of nitrogens with one attached hydrogen (secondary N) is 2. The molecule has 1 aromatic heterocycles. The maximum absolute atomic E-state index is 12.9. The maximum Gasteiger partial charge on any atom is 0.251 e. The Bertz CT molecular complexity index is 1070. The first kappa shape index (κ1) is 18.6. The minimum atomic E-state index is -0.594. The van der Waals surface area contributed by atoms with Gasteiger partial charge in [-0.15, -0.1) is 0 Å². The molecule has 1 unspecified atom stereocenters. The molecule has 2 aromatic carbocycles. The van der Waals surface area contributed by atoms with Gasteiger partial charge in [0.25, 0.3) is 5.91 Å². The number of rotatable bonds is 3. The Kier molecular flexibility index (Phi) is 4.85. The summed E-state index contributed by atoms with van der Waals surface area (Å²) in [6.45, 7) is 4.80. The van der Waals surface area contributed by atoms with Crippen LogP contribution in [0.3, 0.4) is 0 Å². The zero-order chi connectivity index (χ0) is 19.8. The van der Waals surface area contributed by atoms with Crippen molar-refractivity contribution in [1.82, 2.24) is 15.2 Å². The van der Waals surface area contributed by atoms with E-state index in [9.17, 15) is 9.59 Å². The number of carbonyl (C=O) groups excluding carboxylic acids is 2. The number of aromatic nitrogens is 1. The van der Waals surface area contributed by atoms with Crippen LogP contribution in [-0.4, -0.2) is 34.3 Å². The number of aromatic amines is 1. The number of nitrogens with zero attached hydrogens (tertiary/aromatic N) is 1. The predicted molar refractivity (Wildman–Crippen MR) is 111 cm³/mol. The third-order valence-electron chi connectivity index (χ3n) is 5.25. The SMILES string of the molecule is Cc1cccc(C(=O)NC(C)C(=O)N2CCc3[nH]c4ccc(Cl)cc4c3C2)c1. The van der Waals surface area contributed by atoms with Gasteiger partial charge < -0.3 is 15.2 Å². The molecule has 1 aliphatic heterocycles. The lowest BCUT2D eigenvalue weighted by atomic mass is 10.0. The van der Waals surface area contributed by atoms with Crippen LogP contribution < -0.4 is 5.32 Å². The summed E-state index contributed by atoms with van der Waals surface area (Å²) in [4.78, 5) is 30.6. The Morgan fingerprint density at radius 2 is 2.04 bits per heavy atom. The Hall–Kier alpha value is -2.79. The molecule has 0 radical (unpaired) electrons. The van der Waals surface area contributed by atoms with Crippen molar-refractivity contribution >= 4 is 34.3 Å². The average Bonchev–Trinajstić information content (AvgIpc) is 3.04. The summed E-state index contributed by atoms with van der Waals surface area (Å²) in [5, 5.41) is 4.56. The van der Waals surface area contributed by atoms with Crippen LogP contribution in [0.15, 0.2) is 42.5 Å². The lowest BCUT2D eigenvalue weighted by Crippen LogP contribution is -2.48. The monoisotopic (exact) mass is 395 g/mol. The number of H-pyrrole nitrogens is 1. The molecule has 3 aromatic rings. The molecule has 0 saturated carbocycles. The Morgan fingerprint density at radius 3 is 2.82 bits per heavy atom. The van der Waals surface area contributed by atoms with Gasteiger partial charge in [-0.25, -0.2) is 0 Å². The molecular weight excluding hydrogens is 374 g/mol. The van der Waals surface area contributed by atoms with Crippen molar-refractivity contribution in [2.24, 2.45) is 0 Å². The van der Waals surface area contributed by atoms with E-state index in [4.69, 9.17) is 11.6 Å². The van der Waals surface area contributed by atoms with Gasteiger partial charge in [-0.2, -0.15) is 0 Å². The Balaban J connectivity index is 1.49. The van der Waals surface area contributed by atoms with Crippen LogP contribution in [0.25, 0.3) is 10.9 Å². The van der Waals surface area contributed by atoms with E-state index in [1.165, 1.54) is 0 Å². The summed E-state index contributed by atoms with van der Waals surface area (Å²) in [5.74, 6) is -0.316. The highest BCUT2D eigenvalue weighted by molar-refractivity contribution is 6.31. The molecule has 0 saturated heterocycles. The molecule has 0 bridgehead atoms. The van der Waals surface area contributed by atoms with Gasteiger partial charge in [-0.05, 0) is 44.2 Å². The average molecular weight is 396 g/mol. The largest absolute Gasteiger partial charge is 0.358 e. The van der Waals surface area contributed by atoms with Gasteiger partial charge in [0, 0.05) is 52.3 Å². The minimum Gasteiger partial charge on any atom is -0.358 e. The normalized spacial score (nSPS) is 14.6. The lowest BCUT2D eigenvalue weighted by molar-refractivity contribution is -0.133. The number of hydrogen-bond donors (Lipinski definition) is 2. The smallest absolute Gasteiger partial charge is 0.251 e. The molecule has 2 amide bonds. The Morgan fingerprint density at radius 1 is 1.21 bits per heavy atom. The summed E-state index contributed by atoms with van der Waals surface area (Å²) in [6, 6.07) is 12.5. The lowest BCUT2D eigenvalue weighted by Gasteiger charge is -2.30. The van der Waals surface area contributed by atoms with Crippen molar-refractivity contribution in [2.45, 2.75) is 32.9 Å². The molecule has 1 atom stereocenters. The van der Waals surface area contributed by atoms with Crippen molar-refractivity contribution in [3.8, 4) is 0 Å². The van der Waals surface area contributed by atoms with Crippen LogP contribution >= 0.6 is 11.6 Å². The number of amides is 2. The van der Waals surface area contributed by atoms with Crippen LogP contribution in [0.2, 0.25) is 5.02 Å². The van der Waals surface area contributed by atoms with Crippen LogP contribution in [-0.2, 0) is 17.8 Å². The van der Waals surface area contributed by atoms with E-state index in [1.54, 1.807) is 17.9 Å². The van der Waals surface area contributed by atoms with E-state index in [0.717, 1.165) is 34.1 Å². The van der Waals surface area contributed by atoms with Crippen molar-refractivity contribution in [1.29, 1.82) is 0 Å². The molecule has 4 rings (SSSR count). The fourth-order valence-corrected chi connectivity index (χ4v) is 3.95. The standard InChI is InChI=1S/C22H22ClN3O2/c1-13-4-3-5-15(10-13)21(27)24-14(2)22(28)26-9-8-20-18(12-26)17-11-16(23)6-7-19(17)25-20/h3-7,10-11,14,25H,8-9,12H2,1-2H3,(H,24,27). The van der Waals surface area contributed by atoms with Gasteiger partial charge in [0.2, 0.25) is 5.91 Å². The highest BCUT2D eigenvalue weighted by Gasteiger charge is 2.28. The van der Waals surface area contributed by atoms with E-state index >= 15 is 0 Å². The molecule has 0 spiro atoms. The number of fused-ring (bicyclic) bond motifs is 3. The fraction of sp³-hybridized carbons (Fsp3) is 0.273. The second kappa shape index (κ2) is 7.32. The molecule has 28 heavy (non-hydrogen) atoms. The quantitative estimate of drug-likeness (QED) is 0.707. The molecular formula is C22H22ClN3O2. The van der Waals surface area contributed by atoms with Crippen LogP contribution in [0.1, 0.15) is 34.1 Å². The number of benzene rings is 2. The van der Waals surface area contributed by atoms with Crippen molar-refractivity contribution in [3.63, 3.8) is 0 Å². The summed E-state index contributed by atoms with van der Waals surface area (Å²) in [5.41, 5.74) is 4.86. The van der Waals surface area contributed by atoms with Gasteiger partial charge in [0.1, 0.15) is 6.04 Å². The van der Waals surface area contributed by atoms with Gasteiger partial charge in [0.15, 0.2) is 0 Å². The van der Waals surface area contributed by atoms with Crippen molar-refractivity contribution in [3.05, 3.63) is 69.9 Å². The topological polar surface area (TPSA) is 65.2 Å². The first-order valence-corrected chi connectivity index (χ1v) is 9.75. The second-order valence-electron chi connectivity index (χ2n) is 7.35. The molecule has 2 heterocycles. The van der Waals surface area contributed by atoms with E-state index in [0.29, 0.717) is 23.7 Å². The van der Waals surface area contributed by atoms with E-state index in [1.807, 2.05) is 43.3 Å². The summed E-state index contributed by atoms with van der Waals surface area (Å²) in [6.07, 6.45) is 0.756. The van der Waals surface area contributed by atoms with Gasteiger partial charge in [-0.1, -0.05) is 29.3 Å². The molecule has 0 fully saturated rings. The number of carbonyl (C=O) groups is 2. The van der Waals surface area contributed by atoms with Gasteiger partial charge in [-0.3, -0.25) is 9.59 Å². The van der Waals surface area contributed by atoms with E-state index in [2.05, 4.69) is 10.3 Å². The molecule has 144 valence electrons. The zero-order valence-electron chi connectivity index (χ0n) is 15.9. The minimum absolute atomic E-state index is 0.0805. The number of halogens is 1. The first-order valence-electron chi connectivity index (χ1n) is 9.37. The number of aryl methyl sites for hydroxylation is 1. The van der Waals surface area contributed by atoms with Gasteiger partial charge >= 0.3 is 0 Å². The van der Waals surface area contributed by atoms with E-state index < -0.39 is 6.04 Å². The maximum atomic E-state index is 12.9. The Labute approximate surface area is 168 Å². The second-order valence-corrected chi connectivity index (χ2v) is 7.78.